The number of carbonyl (C=O) groups is 1. The lowest BCUT2D eigenvalue weighted by atomic mass is 10.1. The number of para-hydroxylation sites is 1. The predicted octanol–water partition coefficient (Wildman–Crippen LogP) is 5.27. The van der Waals surface area contributed by atoms with Gasteiger partial charge < -0.3 is 15.0 Å². The summed E-state index contributed by atoms with van der Waals surface area (Å²) in [4.78, 5) is 20.6. The van der Waals surface area contributed by atoms with E-state index in [2.05, 4.69) is 26.7 Å². The Bertz CT molecular complexity index is 1230. The molecule has 6 nitrogen and oxygen atoms in total. The number of methoxy groups -OCH3 is 1. The highest BCUT2D eigenvalue weighted by molar-refractivity contribution is 6.30. The number of ether oxygens (including phenoxy) is 1. The number of H-pyrrole nitrogens is 1. The zero-order chi connectivity index (χ0) is 22.3. The van der Waals surface area contributed by atoms with Gasteiger partial charge in [-0.1, -0.05) is 29.8 Å². The van der Waals surface area contributed by atoms with Crippen LogP contribution in [0.4, 0.5) is 5.69 Å². The molecule has 3 aromatic carbocycles. The molecule has 3 N–H and O–H groups in total. The number of hydrogen-bond donors (Lipinski definition) is 3. The number of nitrogens with one attached hydrogen (secondary N) is 3. The topological polar surface area (TPSA) is 78.5 Å². The molecule has 162 valence electrons. The van der Waals surface area contributed by atoms with Crippen LogP contribution in [0.5, 0.6) is 5.75 Å². The molecule has 0 radical (unpaired) electrons. The molecule has 7 heteroatoms. The molecule has 1 aromatic heterocycles. The molecule has 0 aliphatic carbocycles. The fraction of sp³-hybridized carbons (Fsp3) is 0.120. The molecule has 0 saturated heterocycles. The summed E-state index contributed by atoms with van der Waals surface area (Å²) in [5.41, 5.74) is 3.56. The van der Waals surface area contributed by atoms with E-state index in [0.29, 0.717) is 23.1 Å². The predicted molar refractivity (Wildman–Crippen MR) is 130 cm³/mol. The van der Waals surface area contributed by atoms with E-state index in [0.717, 1.165) is 23.4 Å². The zero-order valence-electron chi connectivity index (χ0n) is 17.6. The first kappa shape index (κ1) is 21.5. The van der Waals surface area contributed by atoms with Crippen LogP contribution in [0.25, 0.3) is 10.9 Å². The van der Waals surface area contributed by atoms with Crippen LogP contribution in [0.3, 0.4) is 0 Å². The molecule has 0 aliphatic heterocycles. The third kappa shape index (κ3) is 5.28. The van der Waals surface area contributed by atoms with Crippen molar-refractivity contribution in [3.05, 3.63) is 95.1 Å². The quantitative estimate of drug-likeness (QED) is 0.279. The van der Waals surface area contributed by atoms with Gasteiger partial charge in [-0.25, -0.2) is 0 Å². The molecule has 1 amide bonds. The third-order valence-corrected chi connectivity index (χ3v) is 5.27. The highest BCUT2D eigenvalue weighted by atomic mass is 35.5. The van der Waals surface area contributed by atoms with Crippen LogP contribution in [0.15, 0.2) is 84.0 Å². The molecule has 0 bridgehead atoms. The second-order valence-corrected chi connectivity index (χ2v) is 7.59. The maximum Gasteiger partial charge on any atom is 0.257 e. The van der Waals surface area contributed by atoms with Gasteiger partial charge >= 0.3 is 0 Å². The molecular weight excluding hydrogens is 424 g/mol. The average Bonchev–Trinajstić information content (AvgIpc) is 3.23. The van der Waals surface area contributed by atoms with Gasteiger partial charge in [-0.15, -0.1) is 0 Å². The number of aromatic nitrogens is 1. The highest BCUT2D eigenvalue weighted by Crippen LogP contribution is 2.18. The molecule has 0 spiro atoms. The van der Waals surface area contributed by atoms with Crippen molar-refractivity contribution in [3.8, 4) is 5.75 Å². The molecular formula is C25H23ClN4O2. The van der Waals surface area contributed by atoms with Gasteiger partial charge in [-0.05, 0) is 66.6 Å². The van der Waals surface area contributed by atoms with Crippen molar-refractivity contribution in [3.63, 3.8) is 0 Å². The lowest BCUT2D eigenvalue weighted by Gasteiger charge is -2.12. The number of fused-ring (bicyclic) bond motifs is 1. The van der Waals surface area contributed by atoms with Crippen molar-refractivity contribution in [2.24, 2.45) is 4.99 Å². The smallest absolute Gasteiger partial charge is 0.257 e. The Hall–Kier alpha value is -3.77. The van der Waals surface area contributed by atoms with Crippen molar-refractivity contribution < 1.29 is 9.53 Å². The number of aromatic amines is 1. The standard InChI is InChI=1S/C25H23ClN4O2/c1-32-21-12-10-20(11-13-21)29-25(30-24(31)17-6-8-19(26)9-7-17)27-15-14-18-16-28-23-5-3-2-4-22(18)23/h2-13,16,28H,14-15H2,1H3,(H2,27,29,30,31). The maximum absolute atomic E-state index is 12.7. The number of anilines is 1. The Labute approximate surface area is 191 Å². The van der Waals surface area contributed by atoms with Gasteiger partial charge in [0.25, 0.3) is 5.91 Å². The van der Waals surface area contributed by atoms with Crippen LogP contribution < -0.4 is 15.4 Å². The minimum atomic E-state index is -0.270. The van der Waals surface area contributed by atoms with E-state index in [1.807, 2.05) is 48.7 Å². The SMILES string of the molecule is COc1ccc(NC(=NCCc2c[nH]c3ccccc23)NC(=O)c2ccc(Cl)cc2)cc1. The molecule has 0 fully saturated rings. The highest BCUT2D eigenvalue weighted by Gasteiger charge is 2.10. The van der Waals surface area contributed by atoms with Gasteiger partial charge in [0.2, 0.25) is 5.96 Å². The van der Waals surface area contributed by atoms with Crippen LogP contribution >= 0.6 is 11.6 Å². The number of aliphatic imine (C=N–C) groups is 1. The third-order valence-electron chi connectivity index (χ3n) is 5.02. The summed E-state index contributed by atoms with van der Waals surface area (Å²) in [6, 6.07) is 22.3. The summed E-state index contributed by atoms with van der Waals surface area (Å²) >= 11 is 5.93. The number of halogens is 1. The van der Waals surface area contributed by atoms with Crippen LogP contribution in [0.2, 0.25) is 5.02 Å². The first-order valence-corrected chi connectivity index (χ1v) is 10.6. The molecule has 4 rings (SSSR count). The van der Waals surface area contributed by atoms with Crippen molar-refractivity contribution in [2.45, 2.75) is 6.42 Å². The first-order chi connectivity index (χ1) is 15.6. The number of nitrogens with zero attached hydrogens (tertiary/aromatic N) is 1. The fourth-order valence-electron chi connectivity index (χ4n) is 3.33. The van der Waals surface area contributed by atoms with Crippen LogP contribution in [0, 0.1) is 0 Å². The maximum atomic E-state index is 12.7. The number of amides is 1. The minimum Gasteiger partial charge on any atom is -0.497 e. The van der Waals surface area contributed by atoms with E-state index in [-0.39, 0.29) is 5.91 Å². The summed E-state index contributed by atoms with van der Waals surface area (Å²) in [5.74, 6) is 0.849. The number of hydrogen-bond acceptors (Lipinski definition) is 3. The molecule has 32 heavy (non-hydrogen) atoms. The molecule has 0 aliphatic rings. The van der Waals surface area contributed by atoms with Crippen molar-refractivity contribution in [1.29, 1.82) is 0 Å². The summed E-state index contributed by atoms with van der Waals surface area (Å²) in [6.07, 6.45) is 2.73. The van der Waals surface area contributed by atoms with Crippen LogP contribution in [-0.2, 0) is 6.42 Å². The van der Waals surface area contributed by atoms with E-state index in [1.54, 1.807) is 31.4 Å². The summed E-state index contributed by atoms with van der Waals surface area (Å²) in [7, 11) is 1.62. The van der Waals surface area contributed by atoms with Gasteiger partial charge in [0.15, 0.2) is 0 Å². The van der Waals surface area contributed by atoms with E-state index in [1.165, 1.54) is 10.9 Å². The summed E-state index contributed by atoms with van der Waals surface area (Å²) < 4.78 is 5.21. The Kier molecular flexibility index (Phi) is 6.72. The molecule has 0 saturated carbocycles. The van der Waals surface area contributed by atoms with Crippen LogP contribution in [0.1, 0.15) is 15.9 Å². The van der Waals surface area contributed by atoms with E-state index in [4.69, 9.17) is 16.3 Å². The fourth-order valence-corrected chi connectivity index (χ4v) is 3.45. The van der Waals surface area contributed by atoms with E-state index in [9.17, 15) is 4.79 Å². The Morgan fingerprint density at radius 1 is 1.03 bits per heavy atom. The van der Waals surface area contributed by atoms with Gasteiger partial charge in [0.05, 0.1) is 7.11 Å². The molecule has 0 unspecified atom stereocenters. The molecule has 0 atom stereocenters. The van der Waals surface area contributed by atoms with Gasteiger partial charge in [-0.2, -0.15) is 0 Å². The average molecular weight is 447 g/mol. The van der Waals surface area contributed by atoms with Crippen LogP contribution in [-0.4, -0.2) is 30.5 Å². The first-order valence-electron chi connectivity index (χ1n) is 10.2. The number of carbonyl (C=O) groups excluding carboxylic acids is 1. The normalized spacial score (nSPS) is 11.4. The molecule has 1 heterocycles. The number of rotatable bonds is 6. The van der Waals surface area contributed by atoms with Gasteiger partial charge in [-0.3, -0.25) is 15.1 Å². The van der Waals surface area contributed by atoms with Crippen molar-refractivity contribution >= 4 is 40.1 Å². The van der Waals surface area contributed by atoms with Crippen molar-refractivity contribution in [1.82, 2.24) is 10.3 Å². The second kappa shape index (κ2) is 10.0. The largest absolute Gasteiger partial charge is 0.497 e. The number of guanidine groups is 1. The summed E-state index contributed by atoms with van der Waals surface area (Å²) in [5, 5.41) is 7.81. The molecule has 4 aromatic rings. The Balaban J connectivity index is 1.51. The minimum absolute atomic E-state index is 0.270. The number of benzene rings is 3. The van der Waals surface area contributed by atoms with Gasteiger partial charge in [0.1, 0.15) is 5.75 Å². The van der Waals surface area contributed by atoms with E-state index >= 15 is 0 Å². The second-order valence-electron chi connectivity index (χ2n) is 7.15. The lowest BCUT2D eigenvalue weighted by Crippen LogP contribution is -2.36. The van der Waals surface area contributed by atoms with Gasteiger partial charge in [0, 0.05) is 39.9 Å². The summed E-state index contributed by atoms with van der Waals surface area (Å²) in [6.45, 7) is 0.501. The Morgan fingerprint density at radius 2 is 1.78 bits per heavy atom. The Morgan fingerprint density at radius 3 is 2.53 bits per heavy atom. The lowest BCUT2D eigenvalue weighted by molar-refractivity contribution is 0.0977. The zero-order valence-corrected chi connectivity index (χ0v) is 18.3. The van der Waals surface area contributed by atoms with E-state index < -0.39 is 0 Å². The van der Waals surface area contributed by atoms with Crippen molar-refractivity contribution in [2.75, 3.05) is 19.0 Å². The monoisotopic (exact) mass is 446 g/mol.